The number of aromatic nitrogens is 6. The number of aliphatic hydroxyl groups is 1. The van der Waals surface area contributed by atoms with E-state index in [9.17, 15) is 27.9 Å². The number of amides is 1. The molecule has 1 N–H and O–H groups in total. The number of rotatable bonds is 7. The normalized spacial score (nSPS) is 14.5. The van der Waals surface area contributed by atoms with E-state index in [1.165, 1.54) is 35.3 Å². The molecule has 1 amide bonds. The van der Waals surface area contributed by atoms with Gasteiger partial charge in [0.05, 0.1) is 17.8 Å². The molecule has 0 saturated heterocycles. The topological polar surface area (TPSA) is 111 Å². The molecular formula is C26H23ClF3N7O3. The van der Waals surface area contributed by atoms with Crippen LogP contribution in [0.2, 0.25) is 5.02 Å². The average molecular weight is 574 g/mol. The Morgan fingerprint density at radius 3 is 2.52 bits per heavy atom. The highest BCUT2D eigenvalue weighted by molar-refractivity contribution is 6.30. The summed E-state index contributed by atoms with van der Waals surface area (Å²) >= 11 is 5.93. The first-order valence-electron chi connectivity index (χ1n) is 12.2. The highest BCUT2D eigenvalue weighted by atomic mass is 35.5. The van der Waals surface area contributed by atoms with Crippen molar-refractivity contribution in [3.8, 4) is 17.1 Å². The highest BCUT2D eigenvalue weighted by Gasteiger charge is 2.39. The molecule has 0 fully saturated rings. The van der Waals surface area contributed by atoms with Crippen LogP contribution in [0.25, 0.3) is 17.1 Å². The van der Waals surface area contributed by atoms with E-state index >= 15 is 0 Å². The second kappa shape index (κ2) is 11.1. The van der Waals surface area contributed by atoms with Gasteiger partial charge in [0.2, 0.25) is 0 Å². The van der Waals surface area contributed by atoms with Crippen molar-refractivity contribution in [2.24, 2.45) is 0 Å². The van der Waals surface area contributed by atoms with Crippen molar-refractivity contribution in [3.05, 3.63) is 93.9 Å². The Kier molecular flexibility index (Phi) is 7.59. The lowest BCUT2D eigenvalue weighted by Gasteiger charge is -2.24. The lowest BCUT2D eigenvalue weighted by molar-refractivity contribution is -0.207. The quantitative estimate of drug-likeness (QED) is 0.340. The first-order chi connectivity index (χ1) is 19.1. The minimum Gasteiger partial charge on any atom is -0.382 e. The highest BCUT2D eigenvalue weighted by Crippen LogP contribution is 2.24. The summed E-state index contributed by atoms with van der Waals surface area (Å²) in [5.74, 6) is -0.118. The van der Waals surface area contributed by atoms with Gasteiger partial charge in [0.15, 0.2) is 17.8 Å². The average Bonchev–Trinajstić information content (AvgIpc) is 3.53. The predicted octanol–water partition coefficient (Wildman–Crippen LogP) is 3.32. The number of hydrogen-bond donors (Lipinski definition) is 1. The van der Waals surface area contributed by atoms with Gasteiger partial charge in [-0.25, -0.2) is 19.1 Å². The summed E-state index contributed by atoms with van der Waals surface area (Å²) in [6.07, 6.45) is -1.62. The van der Waals surface area contributed by atoms with Crippen LogP contribution < -0.4 is 5.69 Å². The van der Waals surface area contributed by atoms with E-state index in [0.29, 0.717) is 34.9 Å². The number of benzene rings is 2. The van der Waals surface area contributed by atoms with Crippen molar-refractivity contribution in [1.29, 1.82) is 0 Å². The summed E-state index contributed by atoms with van der Waals surface area (Å²) < 4.78 is 42.4. The molecule has 14 heteroatoms. The van der Waals surface area contributed by atoms with Crippen molar-refractivity contribution in [2.75, 3.05) is 13.1 Å². The van der Waals surface area contributed by atoms with E-state index in [4.69, 9.17) is 11.6 Å². The minimum atomic E-state index is -4.94. The van der Waals surface area contributed by atoms with Gasteiger partial charge in [-0.2, -0.15) is 13.2 Å². The molecule has 1 atom stereocenters. The van der Waals surface area contributed by atoms with Gasteiger partial charge < -0.3 is 10.0 Å². The number of carbonyl (C=O) groups excluding carboxylic acids is 1. The molecule has 0 aliphatic carbocycles. The largest absolute Gasteiger partial charge is 0.416 e. The molecule has 10 nitrogen and oxygen atoms in total. The molecule has 2 aromatic heterocycles. The predicted molar refractivity (Wildman–Crippen MR) is 139 cm³/mol. The smallest absolute Gasteiger partial charge is 0.382 e. The van der Waals surface area contributed by atoms with Crippen LogP contribution in [0.5, 0.6) is 0 Å². The van der Waals surface area contributed by atoms with Crippen LogP contribution in [-0.4, -0.2) is 70.4 Å². The van der Waals surface area contributed by atoms with Crippen LogP contribution in [0, 0.1) is 0 Å². The van der Waals surface area contributed by atoms with Gasteiger partial charge in [-0.3, -0.25) is 9.36 Å². The Balaban J connectivity index is 1.46. The number of carbonyl (C=O) groups is 1. The fraction of sp³-hybridized carbons (Fsp3) is 0.269. The molecule has 1 aliphatic rings. The number of halogens is 4. The van der Waals surface area contributed by atoms with Crippen molar-refractivity contribution in [3.63, 3.8) is 0 Å². The third kappa shape index (κ3) is 5.70. The van der Waals surface area contributed by atoms with Gasteiger partial charge in [-0.1, -0.05) is 35.9 Å². The second-order valence-electron chi connectivity index (χ2n) is 9.07. The lowest BCUT2D eigenvalue weighted by Crippen LogP contribution is -2.37. The fourth-order valence-corrected chi connectivity index (χ4v) is 4.39. The van der Waals surface area contributed by atoms with Gasteiger partial charge in [-0.15, -0.1) is 10.2 Å². The zero-order valence-corrected chi connectivity index (χ0v) is 21.6. The van der Waals surface area contributed by atoms with Gasteiger partial charge in [0.1, 0.15) is 12.9 Å². The standard InChI is InChI=1S/C26H23ClF3N7O3/c27-18-10-8-17(9-11-18)23-33-36(25(40)35(23)14-21(38)26(28,29)30)15-22-31-16-37(32-22)20-7-3-2-6-19(20)24(39)34-12-4-1-5-13-34/h1-4,6-11,16,21,38H,5,12-15H2/t21-/m0/s1. The van der Waals surface area contributed by atoms with Crippen LogP contribution >= 0.6 is 11.6 Å². The maximum absolute atomic E-state index is 13.2. The first kappa shape index (κ1) is 27.3. The number of hydrogen-bond acceptors (Lipinski definition) is 6. The zero-order chi connectivity index (χ0) is 28.4. The Morgan fingerprint density at radius 1 is 1.07 bits per heavy atom. The Bertz CT molecular complexity index is 1610. The molecule has 5 rings (SSSR count). The molecule has 40 heavy (non-hydrogen) atoms. The summed E-state index contributed by atoms with van der Waals surface area (Å²) in [7, 11) is 0. The summed E-state index contributed by atoms with van der Waals surface area (Å²) in [5, 5.41) is 18.7. The van der Waals surface area contributed by atoms with Crippen LogP contribution in [-0.2, 0) is 13.1 Å². The molecular weight excluding hydrogens is 551 g/mol. The summed E-state index contributed by atoms with van der Waals surface area (Å²) in [6, 6.07) is 12.9. The van der Waals surface area contributed by atoms with E-state index in [1.807, 2.05) is 12.2 Å². The van der Waals surface area contributed by atoms with Crippen molar-refractivity contribution < 1.29 is 23.1 Å². The van der Waals surface area contributed by atoms with E-state index in [-0.39, 0.29) is 24.1 Å². The molecule has 0 saturated carbocycles. The van der Waals surface area contributed by atoms with Crippen molar-refractivity contribution in [1.82, 2.24) is 34.0 Å². The summed E-state index contributed by atoms with van der Waals surface area (Å²) in [4.78, 5) is 32.2. The van der Waals surface area contributed by atoms with E-state index in [0.717, 1.165) is 15.7 Å². The van der Waals surface area contributed by atoms with Gasteiger partial charge >= 0.3 is 11.9 Å². The van der Waals surface area contributed by atoms with E-state index < -0.39 is 24.5 Å². The number of aliphatic hydroxyl groups excluding tert-OH is 1. The first-order valence-corrected chi connectivity index (χ1v) is 12.6. The molecule has 3 heterocycles. The molecule has 4 aromatic rings. The van der Waals surface area contributed by atoms with Gasteiger partial charge in [0, 0.05) is 23.7 Å². The molecule has 0 unspecified atom stereocenters. The van der Waals surface area contributed by atoms with Crippen LogP contribution in [0.4, 0.5) is 13.2 Å². The van der Waals surface area contributed by atoms with E-state index in [1.54, 1.807) is 29.2 Å². The Morgan fingerprint density at radius 2 is 1.82 bits per heavy atom. The molecule has 0 spiro atoms. The van der Waals surface area contributed by atoms with Gasteiger partial charge in [-0.05, 0) is 42.8 Å². The number of nitrogens with zero attached hydrogens (tertiary/aromatic N) is 7. The van der Waals surface area contributed by atoms with Crippen molar-refractivity contribution >= 4 is 17.5 Å². The third-order valence-electron chi connectivity index (χ3n) is 6.32. The number of alkyl halides is 3. The van der Waals surface area contributed by atoms with Crippen molar-refractivity contribution in [2.45, 2.75) is 31.8 Å². The SMILES string of the molecule is O=C(c1ccccc1-n1cnc(Cn2nc(-c3ccc(Cl)cc3)n(C[C@H](O)C(F)(F)F)c2=O)n1)N1CC=CCC1. The van der Waals surface area contributed by atoms with Gasteiger partial charge in [0.25, 0.3) is 5.91 Å². The minimum absolute atomic E-state index is 0.0871. The van der Waals surface area contributed by atoms with E-state index in [2.05, 4.69) is 15.2 Å². The lowest BCUT2D eigenvalue weighted by atomic mass is 10.1. The van der Waals surface area contributed by atoms with Crippen LogP contribution in [0.1, 0.15) is 22.6 Å². The molecule has 208 valence electrons. The van der Waals surface area contributed by atoms with Crippen LogP contribution in [0.3, 0.4) is 0 Å². The maximum Gasteiger partial charge on any atom is 0.416 e. The monoisotopic (exact) mass is 573 g/mol. The number of para-hydroxylation sites is 1. The zero-order valence-electron chi connectivity index (χ0n) is 20.9. The molecule has 0 bridgehead atoms. The Hall–Kier alpha value is -4.23. The molecule has 2 aromatic carbocycles. The Labute approximate surface area is 230 Å². The molecule has 1 aliphatic heterocycles. The maximum atomic E-state index is 13.2. The third-order valence-corrected chi connectivity index (χ3v) is 6.57. The van der Waals surface area contributed by atoms with Crippen LogP contribution in [0.15, 0.2) is 71.8 Å². The summed E-state index contributed by atoms with van der Waals surface area (Å²) in [5.41, 5.74) is 0.335. The molecule has 0 radical (unpaired) electrons. The second-order valence-corrected chi connectivity index (χ2v) is 9.51. The fourth-order valence-electron chi connectivity index (χ4n) is 4.27. The summed E-state index contributed by atoms with van der Waals surface area (Å²) in [6.45, 7) is -0.227.